The van der Waals surface area contributed by atoms with E-state index in [-0.39, 0.29) is 16.7 Å². The Labute approximate surface area is 84.9 Å². The number of esters is 1. The van der Waals surface area contributed by atoms with E-state index in [1.165, 1.54) is 0 Å². The lowest BCUT2D eigenvalue weighted by Crippen LogP contribution is -2.06. The van der Waals surface area contributed by atoms with Gasteiger partial charge in [0.2, 0.25) is 0 Å². The first-order chi connectivity index (χ1) is 7.13. The number of benzene rings is 1. The number of carbonyl (C=O) groups is 2. The van der Waals surface area contributed by atoms with Crippen molar-refractivity contribution in [2.45, 2.75) is 0 Å². The van der Waals surface area contributed by atoms with Crippen LogP contribution in [0.15, 0.2) is 12.1 Å². The zero-order valence-corrected chi connectivity index (χ0v) is 7.78. The summed E-state index contributed by atoms with van der Waals surface area (Å²) in [6, 6.07) is 3.47. The fourth-order valence-corrected chi connectivity index (χ4v) is 1.05. The van der Waals surface area contributed by atoms with Crippen molar-refractivity contribution in [2.75, 3.05) is 7.11 Å². The molecule has 0 atom stereocenters. The highest BCUT2D eigenvalue weighted by atomic mass is 19.1. The molecule has 5 heteroatoms. The summed E-state index contributed by atoms with van der Waals surface area (Å²) in [5.74, 6) is -1.77. The Morgan fingerprint density at radius 3 is 2.73 bits per heavy atom. The summed E-state index contributed by atoms with van der Waals surface area (Å²) in [6.07, 6.45) is 0.379. The Balaban J connectivity index is 3.40. The minimum absolute atomic E-state index is 0.0423. The maximum Gasteiger partial charge on any atom is 0.340 e. The zero-order chi connectivity index (χ0) is 11.4. The van der Waals surface area contributed by atoms with Crippen LogP contribution in [0.25, 0.3) is 0 Å². The number of aldehydes is 1. The number of hydrogen-bond acceptors (Lipinski definition) is 4. The highest BCUT2D eigenvalue weighted by molar-refractivity contribution is 5.92. The van der Waals surface area contributed by atoms with Gasteiger partial charge in [-0.3, -0.25) is 4.79 Å². The number of hydrogen-bond donors (Lipinski definition) is 0. The highest BCUT2D eigenvalue weighted by Gasteiger charge is 2.15. The first-order valence-electron chi connectivity index (χ1n) is 3.91. The van der Waals surface area contributed by atoms with Gasteiger partial charge in [0.05, 0.1) is 24.3 Å². The predicted octanol–water partition coefficient (Wildman–Crippen LogP) is 1.30. The predicted molar refractivity (Wildman–Crippen MR) is 47.8 cm³/mol. The van der Waals surface area contributed by atoms with E-state index in [4.69, 9.17) is 5.26 Å². The second-order valence-electron chi connectivity index (χ2n) is 2.64. The maximum absolute atomic E-state index is 13.2. The Bertz CT molecular complexity index is 462. The Morgan fingerprint density at radius 1 is 1.60 bits per heavy atom. The van der Waals surface area contributed by atoms with Crippen molar-refractivity contribution < 1.29 is 18.7 Å². The van der Waals surface area contributed by atoms with Crippen LogP contribution >= 0.6 is 0 Å². The molecule has 0 N–H and O–H groups in total. The maximum atomic E-state index is 13.2. The molecule has 0 saturated heterocycles. The van der Waals surface area contributed by atoms with Crippen LogP contribution < -0.4 is 0 Å². The van der Waals surface area contributed by atoms with Crippen LogP contribution in [0.2, 0.25) is 0 Å². The molecule has 0 unspecified atom stereocenters. The van der Waals surface area contributed by atoms with Gasteiger partial charge in [0.15, 0.2) is 6.29 Å². The Hall–Kier alpha value is -2.22. The van der Waals surface area contributed by atoms with Crippen molar-refractivity contribution in [2.24, 2.45) is 0 Å². The van der Waals surface area contributed by atoms with E-state index in [2.05, 4.69) is 4.74 Å². The van der Waals surface area contributed by atoms with E-state index in [1.54, 1.807) is 6.07 Å². The molecule has 0 aromatic heterocycles. The molecule has 0 aliphatic heterocycles. The molecule has 0 amide bonds. The van der Waals surface area contributed by atoms with E-state index < -0.39 is 11.8 Å². The van der Waals surface area contributed by atoms with Crippen molar-refractivity contribution in [3.05, 3.63) is 34.6 Å². The zero-order valence-electron chi connectivity index (χ0n) is 7.78. The molecular weight excluding hydrogens is 201 g/mol. The molecule has 0 aliphatic carbocycles. The average Bonchev–Trinajstić information content (AvgIpc) is 2.27. The largest absolute Gasteiger partial charge is 0.465 e. The molecule has 0 bridgehead atoms. The monoisotopic (exact) mass is 207 g/mol. The molecule has 0 spiro atoms. The van der Waals surface area contributed by atoms with Crippen molar-refractivity contribution in [1.82, 2.24) is 0 Å². The van der Waals surface area contributed by atoms with Crippen LogP contribution in [-0.2, 0) is 4.74 Å². The first-order valence-corrected chi connectivity index (χ1v) is 3.91. The van der Waals surface area contributed by atoms with Crippen LogP contribution in [0.5, 0.6) is 0 Å². The lowest BCUT2D eigenvalue weighted by molar-refractivity contribution is 0.0595. The van der Waals surface area contributed by atoms with Crippen LogP contribution in [0.1, 0.15) is 26.3 Å². The van der Waals surface area contributed by atoms with Crippen molar-refractivity contribution in [1.29, 1.82) is 5.26 Å². The summed E-state index contributed by atoms with van der Waals surface area (Å²) in [6.45, 7) is 0. The normalized spacial score (nSPS) is 9.13. The standard InChI is InChI=1S/C10H6FNO3/c1-15-10(14)8-2-7(5-13)6(4-12)3-9(8)11/h2-3,5H,1H3. The van der Waals surface area contributed by atoms with E-state index in [0.29, 0.717) is 6.29 Å². The Kier molecular flexibility index (Phi) is 3.13. The van der Waals surface area contributed by atoms with Gasteiger partial charge in [0, 0.05) is 5.56 Å². The molecule has 0 aliphatic rings. The third kappa shape index (κ3) is 1.99. The molecule has 0 radical (unpaired) electrons. The van der Waals surface area contributed by atoms with Crippen molar-refractivity contribution in [3.8, 4) is 6.07 Å². The van der Waals surface area contributed by atoms with Crippen LogP contribution in [-0.4, -0.2) is 19.4 Å². The summed E-state index contributed by atoms with van der Waals surface area (Å²) < 4.78 is 17.5. The fourth-order valence-electron chi connectivity index (χ4n) is 1.05. The molecule has 1 rings (SSSR count). The van der Waals surface area contributed by atoms with E-state index >= 15 is 0 Å². The van der Waals surface area contributed by atoms with Gasteiger partial charge in [0.25, 0.3) is 0 Å². The Morgan fingerprint density at radius 2 is 2.27 bits per heavy atom. The number of nitrogens with zero attached hydrogens (tertiary/aromatic N) is 1. The highest BCUT2D eigenvalue weighted by Crippen LogP contribution is 2.15. The van der Waals surface area contributed by atoms with Crippen LogP contribution in [0.4, 0.5) is 4.39 Å². The second kappa shape index (κ2) is 4.33. The van der Waals surface area contributed by atoms with Gasteiger partial charge < -0.3 is 4.74 Å². The second-order valence-corrected chi connectivity index (χ2v) is 2.64. The number of rotatable bonds is 2. The number of nitriles is 1. The SMILES string of the molecule is COC(=O)c1cc(C=O)c(C#N)cc1F. The molecule has 4 nitrogen and oxygen atoms in total. The lowest BCUT2D eigenvalue weighted by Gasteiger charge is -2.02. The average molecular weight is 207 g/mol. The molecule has 76 valence electrons. The number of methoxy groups -OCH3 is 1. The van der Waals surface area contributed by atoms with Crippen molar-refractivity contribution in [3.63, 3.8) is 0 Å². The lowest BCUT2D eigenvalue weighted by atomic mass is 10.1. The van der Waals surface area contributed by atoms with Gasteiger partial charge in [-0.05, 0) is 12.1 Å². The van der Waals surface area contributed by atoms with Crippen LogP contribution in [0, 0.1) is 17.1 Å². The molecule has 0 fully saturated rings. The number of halogens is 1. The summed E-state index contributed by atoms with van der Waals surface area (Å²) >= 11 is 0. The van der Waals surface area contributed by atoms with E-state index in [1.807, 2.05) is 0 Å². The third-order valence-electron chi connectivity index (χ3n) is 1.79. The minimum Gasteiger partial charge on any atom is -0.465 e. The van der Waals surface area contributed by atoms with Gasteiger partial charge in [0.1, 0.15) is 5.82 Å². The van der Waals surface area contributed by atoms with Gasteiger partial charge in [-0.2, -0.15) is 5.26 Å². The molecular formula is C10H6FNO3. The summed E-state index contributed by atoms with van der Waals surface area (Å²) in [7, 11) is 1.10. The quantitative estimate of drug-likeness (QED) is 0.541. The smallest absolute Gasteiger partial charge is 0.340 e. The van der Waals surface area contributed by atoms with Gasteiger partial charge in [-0.15, -0.1) is 0 Å². The minimum atomic E-state index is -0.889. The first kappa shape index (κ1) is 10.9. The molecule has 15 heavy (non-hydrogen) atoms. The van der Waals surface area contributed by atoms with E-state index in [9.17, 15) is 14.0 Å². The molecule has 0 heterocycles. The summed E-state index contributed by atoms with van der Waals surface area (Å²) in [4.78, 5) is 21.6. The summed E-state index contributed by atoms with van der Waals surface area (Å²) in [5.41, 5.74) is -0.520. The number of ether oxygens (including phenoxy) is 1. The van der Waals surface area contributed by atoms with Gasteiger partial charge in [-0.1, -0.05) is 0 Å². The van der Waals surface area contributed by atoms with Gasteiger partial charge in [-0.25, -0.2) is 9.18 Å². The van der Waals surface area contributed by atoms with Crippen LogP contribution in [0.3, 0.4) is 0 Å². The molecule has 1 aromatic rings. The molecule has 1 aromatic carbocycles. The number of carbonyl (C=O) groups excluding carboxylic acids is 2. The third-order valence-corrected chi connectivity index (χ3v) is 1.79. The fraction of sp³-hybridized carbons (Fsp3) is 0.100. The van der Waals surface area contributed by atoms with E-state index in [0.717, 1.165) is 19.2 Å². The topological polar surface area (TPSA) is 67.2 Å². The van der Waals surface area contributed by atoms with Gasteiger partial charge >= 0.3 is 5.97 Å². The van der Waals surface area contributed by atoms with Crippen molar-refractivity contribution >= 4 is 12.3 Å². The summed E-state index contributed by atoms with van der Waals surface area (Å²) in [5, 5.41) is 8.57. The molecule has 0 saturated carbocycles.